The monoisotopic (exact) mass is 411 g/mol. The molecule has 8 heteroatoms. The molecule has 1 amide bonds. The first-order valence-electron chi connectivity index (χ1n) is 10.8. The van der Waals surface area contributed by atoms with E-state index in [1.54, 1.807) is 10.9 Å². The predicted molar refractivity (Wildman–Crippen MR) is 111 cm³/mol. The zero-order chi connectivity index (χ0) is 20.8. The maximum atomic E-state index is 13.2. The van der Waals surface area contributed by atoms with Gasteiger partial charge >= 0.3 is 0 Å². The predicted octanol–water partition coefficient (Wildman–Crippen LogP) is 0.982. The lowest BCUT2D eigenvalue weighted by Gasteiger charge is -2.43. The van der Waals surface area contributed by atoms with E-state index in [4.69, 9.17) is 4.74 Å². The number of likely N-dealkylation sites (tertiary alicyclic amines) is 1. The maximum Gasteiger partial charge on any atom is 0.257 e. The second-order valence-electron chi connectivity index (χ2n) is 8.90. The van der Waals surface area contributed by atoms with E-state index in [9.17, 15) is 9.59 Å². The number of hydrogen-bond donors (Lipinski definition) is 0. The van der Waals surface area contributed by atoms with Crippen LogP contribution in [0.5, 0.6) is 0 Å². The molecule has 0 radical (unpaired) electrons. The number of rotatable bonds is 3. The van der Waals surface area contributed by atoms with Gasteiger partial charge in [-0.15, -0.1) is 0 Å². The molecule has 3 aliphatic rings. The number of aryl methyl sites for hydroxylation is 2. The minimum Gasteiger partial charge on any atom is -0.379 e. The van der Waals surface area contributed by atoms with Crippen LogP contribution in [0.4, 0.5) is 0 Å². The lowest BCUT2D eigenvalue weighted by Crippen LogP contribution is -2.49. The molecule has 2 bridgehead atoms. The van der Waals surface area contributed by atoms with Crippen LogP contribution >= 0.6 is 0 Å². The highest BCUT2D eigenvalue weighted by Crippen LogP contribution is 2.35. The zero-order valence-corrected chi connectivity index (χ0v) is 17.7. The van der Waals surface area contributed by atoms with Gasteiger partial charge in [-0.1, -0.05) is 6.07 Å². The van der Waals surface area contributed by atoms with Gasteiger partial charge in [-0.2, -0.15) is 5.10 Å². The molecule has 5 rings (SSSR count). The molecule has 0 saturated carbocycles. The summed E-state index contributed by atoms with van der Waals surface area (Å²) in [6.07, 6.45) is 2.84. The average molecular weight is 412 g/mol. The van der Waals surface area contributed by atoms with E-state index >= 15 is 0 Å². The fourth-order valence-electron chi connectivity index (χ4n) is 5.26. The number of amides is 1. The summed E-state index contributed by atoms with van der Waals surface area (Å²) in [5.74, 6) is 0.576. The van der Waals surface area contributed by atoms with E-state index in [0.717, 1.165) is 49.7 Å². The highest BCUT2D eigenvalue weighted by atomic mass is 16.5. The van der Waals surface area contributed by atoms with Crippen molar-refractivity contribution >= 4 is 5.91 Å². The van der Waals surface area contributed by atoms with Gasteiger partial charge in [0.15, 0.2) is 0 Å². The SMILES string of the molecule is Cc1nn(C)cc1C(=O)N1C[C@@H]2C[C@H](C1)c1ccc(CN3CCOCC3)c(=O)n1C2. The first-order valence-corrected chi connectivity index (χ1v) is 10.8. The van der Waals surface area contributed by atoms with Crippen LogP contribution in [0.3, 0.4) is 0 Å². The summed E-state index contributed by atoms with van der Waals surface area (Å²) in [6.45, 7) is 7.82. The second kappa shape index (κ2) is 7.67. The molecule has 0 spiro atoms. The highest BCUT2D eigenvalue weighted by Gasteiger charge is 2.37. The van der Waals surface area contributed by atoms with E-state index in [0.29, 0.717) is 37.7 Å². The first kappa shape index (κ1) is 19.5. The molecular formula is C22H29N5O3. The Kier molecular flexibility index (Phi) is 4.99. The van der Waals surface area contributed by atoms with Crippen molar-refractivity contribution in [2.45, 2.75) is 32.4 Å². The van der Waals surface area contributed by atoms with Crippen LogP contribution in [0.1, 0.15) is 39.6 Å². The number of ether oxygens (including phenoxy) is 1. The van der Waals surface area contributed by atoms with Crippen LogP contribution < -0.4 is 5.56 Å². The van der Waals surface area contributed by atoms with Gasteiger partial charge in [-0.3, -0.25) is 19.2 Å². The molecule has 8 nitrogen and oxygen atoms in total. The molecule has 2 aromatic heterocycles. The number of morpholine rings is 1. The molecule has 160 valence electrons. The molecule has 0 unspecified atom stereocenters. The molecular weight excluding hydrogens is 382 g/mol. The lowest BCUT2D eigenvalue weighted by atomic mass is 9.82. The van der Waals surface area contributed by atoms with Crippen molar-refractivity contribution < 1.29 is 9.53 Å². The molecule has 2 atom stereocenters. The van der Waals surface area contributed by atoms with Crippen molar-refractivity contribution in [3.63, 3.8) is 0 Å². The van der Waals surface area contributed by atoms with Gasteiger partial charge in [0.05, 0.1) is 24.5 Å². The number of pyridine rings is 1. The van der Waals surface area contributed by atoms with Gasteiger partial charge in [-0.05, 0) is 25.3 Å². The molecule has 5 heterocycles. The highest BCUT2D eigenvalue weighted by molar-refractivity contribution is 5.95. The van der Waals surface area contributed by atoms with Crippen LogP contribution in [0, 0.1) is 12.8 Å². The molecule has 2 saturated heterocycles. The Labute approximate surface area is 176 Å². The fraction of sp³-hybridized carbons (Fsp3) is 0.591. The number of aromatic nitrogens is 3. The molecule has 2 aromatic rings. The molecule has 30 heavy (non-hydrogen) atoms. The third-order valence-electron chi connectivity index (χ3n) is 6.71. The Morgan fingerprint density at radius 2 is 2.00 bits per heavy atom. The summed E-state index contributed by atoms with van der Waals surface area (Å²) < 4.78 is 9.09. The quantitative estimate of drug-likeness (QED) is 0.753. The second-order valence-corrected chi connectivity index (χ2v) is 8.90. The van der Waals surface area contributed by atoms with E-state index in [2.05, 4.69) is 16.1 Å². The summed E-state index contributed by atoms with van der Waals surface area (Å²) >= 11 is 0. The first-order chi connectivity index (χ1) is 14.5. The van der Waals surface area contributed by atoms with Crippen LogP contribution in [0.2, 0.25) is 0 Å². The van der Waals surface area contributed by atoms with Crippen molar-refractivity contribution in [1.82, 2.24) is 24.1 Å². The third kappa shape index (κ3) is 3.48. The summed E-state index contributed by atoms with van der Waals surface area (Å²) in [4.78, 5) is 30.6. The van der Waals surface area contributed by atoms with Gasteiger partial charge < -0.3 is 14.2 Å². The van der Waals surface area contributed by atoms with Crippen molar-refractivity contribution in [3.8, 4) is 0 Å². The topological polar surface area (TPSA) is 72.6 Å². The summed E-state index contributed by atoms with van der Waals surface area (Å²) in [6, 6.07) is 4.11. The fourth-order valence-corrected chi connectivity index (χ4v) is 5.26. The van der Waals surface area contributed by atoms with Gasteiger partial charge in [0.2, 0.25) is 0 Å². The van der Waals surface area contributed by atoms with Crippen LogP contribution in [-0.4, -0.2) is 69.4 Å². The van der Waals surface area contributed by atoms with Gasteiger partial charge in [-0.25, -0.2) is 0 Å². The average Bonchev–Trinajstić information content (AvgIpc) is 3.08. The number of hydrogen-bond acceptors (Lipinski definition) is 5. The Hall–Kier alpha value is -2.45. The summed E-state index contributed by atoms with van der Waals surface area (Å²) in [5.41, 5.74) is 3.51. The smallest absolute Gasteiger partial charge is 0.257 e. The number of carbonyl (C=O) groups is 1. The van der Waals surface area contributed by atoms with E-state index in [1.807, 2.05) is 29.5 Å². The van der Waals surface area contributed by atoms with E-state index < -0.39 is 0 Å². The maximum absolute atomic E-state index is 13.2. The number of nitrogens with zero attached hydrogens (tertiary/aromatic N) is 5. The Bertz CT molecular complexity index is 1020. The van der Waals surface area contributed by atoms with Gasteiger partial charge in [0.25, 0.3) is 11.5 Å². The van der Waals surface area contributed by atoms with E-state index in [1.165, 1.54) is 0 Å². The van der Waals surface area contributed by atoms with E-state index in [-0.39, 0.29) is 17.4 Å². The molecule has 2 fully saturated rings. The zero-order valence-electron chi connectivity index (χ0n) is 17.7. The van der Waals surface area contributed by atoms with Crippen LogP contribution in [0.25, 0.3) is 0 Å². The van der Waals surface area contributed by atoms with Crippen molar-refractivity contribution in [2.75, 3.05) is 39.4 Å². The Balaban J connectivity index is 1.37. The van der Waals surface area contributed by atoms with Crippen LogP contribution in [0.15, 0.2) is 23.1 Å². The summed E-state index contributed by atoms with van der Waals surface area (Å²) in [5, 5.41) is 4.32. The van der Waals surface area contributed by atoms with Crippen LogP contribution in [-0.2, 0) is 24.9 Å². The number of carbonyl (C=O) groups excluding carboxylic acids is 1. The van der Waals surface area contributed by atoms with Crippen molar-refractivity contribution in [1.29, 1.82) is 0 Å². The standard InChI is InChI=1S/C22H29N5O3/c1-15-19(14-24(2)23-15)22(29)26-10-16-9-18(13-26)20-4-3-17(21(28)27(20)11-16)12-25-5-7-30-8-6-25/h3-4,14,16,18H,5-13H2,1-2H3/t16-,18+/m0/s1. The van der Waals surface area contributed by atoms with Crippen molar-refractivity contribution in [3.05, 3.63) is 51.2 Å². The molecule has 0 aromatic carbocycles. The summed E-state index contributed by atoms with van der Waals surface area (Å²) in [7, 11) is 1.84. The number of piperidine rings is 1. The number of fused-ring (bicyclic) bond motifs is 4. The Morgan fingerprint density at radius 1 is 1.20 bits per heavy atom. The molecule has 3 aliphatic heterocycles. The molecule has 0 N–H and O–H groups in total. The van der Waals surface area contributed by atoms with Gasteiger partial charge in [0.1, 0.15) is 0 Å². The lowest BCUT2D eigenvalue weighted by molar-refractivity contribution is 0.0338. The van der Waals surface area contributed by atoms with Gasteiger partial charge in [0, 0.05) is 69.7 Å². The normalized spacial score (nSPS) is 24.0. The minimum absolute atomic E-state index is 0.0510. The third-order valence-corrected chi connectivity index (χ3v) is 6.71. The Morgan fingerprint density at radius 3 is 2.73 bits per heavy atom. The largest absolute Gasteiger partial charge is 0.379 e. The minimum atomic E-state index is 0.0510. The molecule has 0 aliphatic carbocycles. The van der Waals surface area contributed by atoms with Crippen molar-refractivity contribution in [2.24, 2.45) is 13.0 Å².